The third-order valence-corrected chi connectivity index (χ3v) is 2.74. The van der Waals surface area contributed by atoms with Gasteiger partial charge in [-0.3, -0.25) is 4.79 Å². The molecule has 0 saturated heterocycles. The van der Waals surface area contributed by atoms with E-state index in [1.165, 1.54) is 12.1 Å². The highest BCUT2D eigenvalue weighted by Crippen LogP contribution is 2.27. The van der Waals surface area contributed by atoms with E-state index >= 15 is 0 Å². The Labute approximate surface area is 109 Å². The Morgan fingerprint density at radius 3 is 2.47 bits per heavy atom. The molecular weight excluding hydrogens is 268 g/mol. The van der Waals surface area contributed by atoms with E-state index in [0.717, 1.165) is 0 Å². The summed E-state index contributed by atoms with van der Waals surface area (Å²) in [6.07, 6.45) is 0.527. The second kappa shape index (κ2) is 6.07. The molecule has 0 aliphatic rings. The first-order valence-corrected chi connectivity index (χ1v) is 5.78. The van der Waals surface area contributed by atoms with E-state index < -0.39 is 11.8 Å². The lowest BCUT2D eigenvalue weighted by Crippen LogP contribution is -2.16. The molecular formula is C11H12Cl2FNO2. The highest BCUT2D eigenvalue weighted by Gasteiger charge is 2.10. The van der Waals surface area contributed by atoms with Crippen LogP contribution in [0.1, 0.15) is 19.8 Å². The summed E-state index contributed by atoms with van der Waals surface area (Å²) >= 11 is 11.3. The van der Waals surface area contributed by atoms with Crippen LogP contribution in [0, 0.1) is 5.82 Å². The first-order chi connectivity index (χ1) is 7.90. The molecule has 1 unspecified atom stereocenters. The molecule has 1 aromatic rings. The SMILES string of the molecule is CC(CCC(=O)O)Nc1cc(Cl)c(F)c(Cl)c1. The van der Waals surface area contributed by atoms with E-state index in [0.29, 0.717) is 12.1 Å². The monoisotopic (exact) mass is 279 g/mol. The molecule has 17 heavy (non-hydrogen) atoms. The molecule has 3 nitrogen and oxygen atoms in total. The number of aliphatic carboxylic acids is 1. The van der Waals surface area contributed by atoms with Crippen LogP contribution in [0.2, 0.25) is 10.0 Å². The minimum atomic E-state index is -0.853. The van der Waals surface area contributed by atoms with Gasteiger partial charge < -0.3 is 10.4 Å². The third-order valence-electron chi connectivity index (χ3n) is 2.19. The van der Waals surface area contributed by atoms with Crippen molar-refractivity contribution in [1.29, 1.82) is 0 Å². The summed E-state index contributed by atoms with van der Waals surface area (Å²) in [5.41, 5.74) is 0.569. The minimum Gasteiger partial charge on any atom is -0.481 e. The van der Waals surface area contributed by atoms with Crippen LogP contribution in [0.5, 0.6) is 0 Å². The predicted molar refractivity (Wildman–Crippen MR) is 66.4 cm³/mol. The Balaban J connectivity index is 2.65. The molecule has 0 aliphatic carbocycles. The summed E-state index contributed by atoms with van der Waals surface area (Å²) in [5.74, 6) is -1.51. The highest BCUT2D eigenvalue weighted by atomic mass is 35.5. The van der Waals surface area contributed by atoms with Gasteiger partial charge in [-0.1, -0.05) is 23.2 Å². The van der Waals surface area contributed by atoms with Crippen LogP contribution in [-0.4, -0.2) is 17.1 Å². The van der Waals surface area contributed by atoms with Crippen molar-refractivity contribution in [1.82, 2.24) is 0 Å². The van der Waals surface area contributed by atoms with Crippen LogP contribution in [0.3, 0.4) is 0 Å². The molecule has 0 amide bonds. The van der Waals surface area contributed by atoms with Gasteiger partial charge in [0.05, 0.1) is 10.0 Å². The van der Waals surface area contributed by atoms with Crippen LogP contribution in [-0.2, 0) is 4.79 Å². The fraction of sp³-hybridized carbons (Fsp3) is 0.364. The van der Waals surface area contributed by atoms with Gasteiger partial charge >= 0.3 is 5.97 Å². The number of hydrogen-bond acceptors (Lipinski definition) is 2. The van der Waals surface area contributed by atoms with Crippen LogP contribution < -0.4 is 5.32 Å². The summed E-state index contributed by atoms with van der Waals surface area (Å²) in [6.45, 7) is 1.83. The number of halogens is 3. The van der Waals surface area contributed by atoms with Crippen molar-refractivity contribution in [3.8, 4) is 0 Å². The fourth-order valence-corrected chi connectivity index (χ4v) is 1.82. The molecule has 1 rings (SSSR count). The molecule has 1 aromatic carbocycles. The average molecular weight is 280 g/mol. The van der Waals surface area contributed by atoms with Crippen molar-refractivity contribution in [2.75, 3.05) is 5.32 Å². The number of hydrogen-bond donors (Lipinski definition) is 2. The summed E-state index contributed by atoms with van der Waals surface area (Å²) in [7, 11) is 0. The van der Waals surface area contributed by atoms with E-state index in [9.17, 15) is 9.18 Å². The Kier molecular flexibility index (Phi) is 5.02. The zero-order valence-electron chi connectivity index (χ0n) is 9.14. The summed E-state index contributed by atoms with van der Waals surface area (Å²) in [5, 5.41) is 11.4. The van der Waals surface area contributed by atoms with E-state index in [4.69, 9.17) is 28.3 Å². The first kappa shape index (κ1) is 14.1. The Morgan fingerprint density at radius 1 is 1.47 bits per heavy atom. The summed E-state index contributed by atoms with van der Waals surface area (Å²) in [6, 6.07) is 2.77. The second-order valence-corrected chi connectivity index (χ2v) is 4.55. The van der Waals surface area contributed by atoms with Gasteiger partial charge in [0, 0.05) is 18.2 Å². The molecule has 0 heterocycles. The van der Waals surface area contributed by atoms with Crippen molar-refractivity contribution in [3.63, 3.8) is 0 Å². The minimum absolute atomic E-state index is 0.0644. The maximum absolute atomic E-state index is 13.1. The normalized spacial score (nSPS) is 12.2. The fourth-order valence-electron chi connectivity index (χ4n) is 1.34. The van der Waals surface area contributed by atoms with Gasteiger partial charge in [0.15, 0.2) is 5.82 Å². The third kappa shape index (κ3) is 4.40. The number of rotatable bonds is 5. The first-order valence-electron chi connectivity index (χ1n) is 5.03. The Bertz CT molecular complexity index is 403. The molecule has 0 radical (unpaired) electrons. The van der Waals surface area contributed by atoms with Gasteiger partial charge in [-0.25, -0.2) is 4.39 Å². The van der Waals surface area contributed by atoms with E-state index in [1.54, 1.807) is 0 Å². The second-order valence-electron chi connectivity index (χ2n) is 3.73. The molecule has 0 bridgehead atoms. The van der Waals surface area contributed by atoms with Crippen molar-refractivity contribution >= 4 is 34.9 Å². The molecule has 0 fully saturated rings. The predicted octanol–water partition coefficient (Wildman–Crippen LogP) is 3.80. The largest absolute Gasteiger partial charge is 0.481 e. The average Bonchev–Trinajstić information content (AvgIpc) is 2.23. The Hall–Kier alpha value is -1.00. The molecule has 0 spiro atoms. The zero-order valence-corrected chi connectivity index (χ0v) is 10.6. The molecule has 2 N–H and O–H groups in total. The maximum atomic E-state index is 13.1. The van der Waals surface area contributed by atoms with Crippen molar-refractivity contribution in [2.24, 2.45) is 0 Å². The lowest BCUT2D eigenvalue weighted by molar-refractivity contribution is -0.137. The van der Waals surface area contributed by atoms with Crippen LogP contribution in [0.25, 0.3) is 0 Å². The zero-order chi connectivity index (χ0) is 13.0. The van der Waals surface area contributed by atoms with E-state index in [-0.39, 0.29) is 22.5 Å². The van der Waals surface area contributed by atoms with Crippen LogP contribution in [0.4, 0.5) is 10.1 Å². The van der Waals surface area contributed by atoms with Crippen molar-refractivity contribution in [2.45, 2.75) is 25.8 Å². The van der Waals surface area contributed by atoms with Gasteiger partial charge in [-0.15, -0.1) is 0 Å². The lowest BCUT2D eigenvalue weighted by atomic mass is 10.1. The maximum Gasteiger partial charge on any atom is 0.303 e. The highest BCUT2D eigenvalue weighted by molar-refractivity contribution is 6.35. The quantitative estimate of drug-likeness (QED) is 0.806. The topological polar surface area (TPSA) is 49.3 Å². The molecule has 0 saturated carbocycles. The van der Waals surface area contributed by atoms with Crippen LogP contribution in [0.15, 0.2) is 12.1 Å². The van der Waals surface area contributed by atoms with Gasteiger partial charge in [-0.05, 0) is 25.5 Å². The van der Waals surface area contributed by atoms with Crippen molar-refractivity contribution < 1.29 is 14.3 Å². The Morgan fingerprint density at radius 2 is 2.00 bits per heavy atom. The van der Waals surface area contributed by atoms with Gasteiger partial charge in [0.25, 0.3) is 0 Å². The molecule has 1 atom stereocenters. The molecule has 0 aliphatic heterocycles. The lowest BCUT2D eigenvalue weighted by Gasteiger charge is -2.15. The van der Waals surface area contributed by atoms with Gasteiger partial charge in [0.2, 0.25) is 0 Å². The number of anilines is 1. The van der Waals surface area contributed by atoms with E-state index in [1.807, 2.05) is 6.92 Å². The number of benzene rings is 1. The summed E-state index contributed by atoms with van der Waals surface area (Å²) < 4.78 is 13.1. The number of nitrogens with one attached hydrogen (secondary N) is 1. The number of carbonyl (C=O) groups is 1. The standard InChI is InChI=1S/C11H12Cl2FNO2/c1-6(2-3-10(16)17)15-7-4-8(12)11(14)9(13)5-7/h4-6,15H,2-3H2,1H3,(H,16,17). The molecule has 94 valence electrons. The van der Waals surface area contributed by atoms with Gasteiger partial charge in [0.1, 0.15) is 0 Å². The number of carboxylic acid groups (broad SMARTS) is 1. The molecule has 0 aromatic heterocycles. The number of carboxylic acids is 1. The summed E-state index contributed by atoms with van der Waals surface area (Å²) in [4.78, 5) is 10.4. The smallest absolute Gasteiger partial charge is 0.303 e. The van der Waals surface area contributed by atoms with Crippen molar-refractivity contribution in [3.05, 3.63) is 28.0 Å². The van der Waals surface area contributed by atoms with Crippen LogP contribution >= 0.6 is 23.2 Å². The van der Waals surface area contributed by atoms with Gasteiger partial charge in [-0.2, -0.15) is 0 Å². The molecule has 6 heteroatoms. The van der Waals surface area contributed by atoms with E-state index in [2.05, 4.69) is 5.32 Å².